The van der Waals surface area contributed by atoms with Crippen molar-refractivity contribution in [2.24, 2.45) is 0 Å². The van der Waals surface area contributed by atoms with Crippen LogP contribution in [0.25, 0.3) is 0 Å². The number of amides is 3. The topological polar surface area (TPSA) is 69.7 Å². The minimum absolute atomic E-state index is 0.160. The van der Waals surface area contributed by atoms with Crippen LogP contribution in [0.5, 0.6) is 0 Å². The highest BCUT2D eigenvalue weighted by Crippen LogP contribution is 2.31. The van der Waals surface area contributed by atoms with E-state index < -0.39 is 0 Å². The van der Waals surface area contributed by atoms with Gasteiger partial charge in [0.2, 0.25) is 5.91 Å². The van der Waals surface area contributed by atoms with Crippen LogP contribution in [0.4, 0.5) is 11.4 Å². The molecule has 2 aromatic rings. The number of nitrogens with zero attached hydrogens (tertiary/aromatic N) is 2. The molecule has 0 fully saturated rings. The van der Waals surface area contributed by atoms with E-state index in [-0.39, 0.29) is 24.3 Å². The highest BCUT2D eigenvalue weighted by Gasteiger charge is 2.36. The second-order valence-electron chi connectivity index (χ2n) is 6.28. The quantitative estimate of drug-likeness (QED) is 0.869. The van der Waals surface area contributed by atoms with Gasteiger partial charge in [0.25, 0.3) is 11.8 Å². The van der Waals surface area contributed by atoms with Crippen LogP contribution in [0.15, 0.2) is 42.5 Å². The first-order chi connectivity index (χ1) is 11.9. The molecule has 0 radical (unpaired) electrons. The maximum absolute atomic E-state index is 12.6. The van der Waals surface area contributed by atoms with E-state index >= 15 is 0 Å². The molecule has 1 aliphatic heterocycles. The Morgan fingerprint density at radius 3 is 2.20 bits per heavy atom. The predicted octanol–water partition coefficient (Wildman–Crippen LogP) is 2.30. The summed E-state index contributed by atoms with van der Waals surface area (Å²) in [5.41, 5.74) is 2.67. The summed E-state index contributed by atoms with van der Waals surface area (Å²) in [5.74, 6) is -0.863. The second kappa shape index (κ2) is 6.49. The van der Waals surface area contributed by atoms with Gasteiger partial charge in [-0.15, -0.1) is 0 Å². The maximum atomic E-state index is 12.6. The standard InChI is InChI=1S/C19H19N3O3/c1-12-8-9-13(10-16(12)20-17(23)11-21(2)3)22-18(24)14-6-4-5-7-15(14)19(22)25/h4-10H,11H2,1-3H3,(H,20,23). The zero-order valence-corrected chi connectivity index (χ0v) is 14.4. The summed E-state index contributed by atoms with van der Waals surface area (Å²) in [6.07, 6.45) is 0. The third kappa shape index (κ3) is 3.16. The molecule has 25 heavy (non-hydrogen) atoms. The van der Waals surface area contributed by atoms with Crippen LogP contribution in [0.3, 0.4) is 0 Å². The highest BCUT2D eigenvalue weighted by atomic mass is 16.2. The van der Waals surface area contributed by atoms with E-state index in [9.17, 15) is 14.4 Å². The van der Waals surface area contributed by atoms with Crippen LogP contribution in [0, 0.1) is 6.92 Å². The molecule has 0 aliphatic carbocycles. The summed E-state index contributed by atoms with van der Waals surface area (Å²) < 4.78 is 0. The number of rotatable bonds is 4. The summed E-state index contributed by atoms with van der Waals surface area (Å²) in [6.45, 7) is 2.11. The number of carbonyl (C=O) groups is 3. The number of benzene rings is 2. The molecule has 0 saturated heterocycles. The Balaban J connectivity index is 1.92. The Labute approximate surface area is 146 Å². The molecule has 0 unspecified atom stereocenters. The number of hydrogen-bond acceptors (Lipinski definition) is 4. The molecular formula is C19H19N3O3. The van der Waals surface area contributed by atoms with E-state index in [2.05, 4.69) is 5.32 Å². The molecule has 1 N–H and O–H groups in total. The number of hydrogen-bond donors (Lipinski definition) is 1. The molecule has 6 heteroatoms. The lowest BCUT2D eigenvalue weighted by Crippen LogP contribution is -2.30. The Morgan fingerprint density at radius 2 is 1.64 bits per heavy atom. The third-order valence-corrected chi connectivity index (χ3v) is 4.01. The minimum Gasteiger partial charge on any atom is -0.325 e. The summed E-state index contributed by atoms with van der Waals surface area (Å²) in [4.78, 5) is 40.1. The molecule has 0 bridgehead atoms. The lowest BCUT2D eigenvalue weighted by atomic mass is 10.1. The van der Waals surface area contributed by atoms with E-state index in [1.165, 1.54) is 0 Å². The summed E-state index contributed by atoms with van der Waals surface area (Å²) >= 11 is 0. The molecule has 1 heterocycles. The highest BCUT2D eigenvalue weighted by molar-refractivity contribution is 6.34. The molecule has 3 rings (SSSR count). The Kier molecular flexibility index (Phi) is 4.37. The lowest BCUT2D eigenvalue weighted by molar-refractivity contribution is -0.116. The van der Waals surface area contributed by atoms with Gasteiger partial charge in [-0.05, 0) is 50.8 Å². The molecule has 0 spiro atoms. The number of imide groups is 1. The van der Waals surface area contributed by atoms with Gasteiger partial charge in [-0.2, -0.15) is 0 Å². The molecule has 128 valence electrons. The van der Waals surface area contributed by atoms with E-state index in [4.69, 9.17) is 0 Å². The fraction of sp³-hybridized carbons (Fsp3) is 0.211. The Morgan fingerprint density at radius 1 is 1.04 bits per heavy atom. The van der Waals surface area contributed by atoms with Crippen molar-refractivity contribution < 1.29 is 14.4 Å². The van der Waals surface area contributed by atoms with Crippen molar-refractivity contribution in [2.75, 3.05) is 30.9 Å². The molecule has 0 aromatic heterocycles. The number of likely N-dealkylation sites (N-methyl/N-ethyl adjacent to an activating group) is 1. The van der Waals surface area contributed by atoms with Gasteiger partial charge in [0.15, 0.2) is 0 Å². The van der Waals surface area contributed by atoms with Gasteiger partial charge < -0.3 is 10.2 Å². The number of aryl methyl sites for hydroxylation is 1. The molecule has 2 aromatic carbocycles. The second-order valence-corrected chi connectivity index (χ2v) is 6.28. The van der Waals surface area contributed by atoms with Crippen molar-refractivity contribution in [3.63, 3.8) is 0 Å². The van der Waals surface area contributed by atoms with Gasteiger partial charge in [-0.1, -0.05) is 18.2 Å². The van der Waals surface area contributed by atoms with Gasteiger partial charge in [0.05, 0.1) is 23.4 Å². The average Bonchev–Trinajstić information content (AvgIpc) is 2.81. The molecule has 1 aliphatic rings. The van der Waals surface area contributed by atoms with Crippen molar-refractivity contribution in [3.05, 3.63) is 59.2 Å². The zero-order valence-electron chi connectivity index (χ0n) is 14.4. The van der Waals surface area contributed by atoms with Crippen molar-refractivity contribution in [1.82, 2.24) is 4.90 Å². The van der Waals surface area contributed by atoms with Gasteiger partial charge in [-0.3, -0.25) is 14.4 Å². The van der Waals surface area contributed by atoms with Crippen molar-refractivity contribution in [3.8, 4) is 0 Å². The fourth-order valence-electron chi connectivity index (χ4n) is 2.78. The first kappa shape index (κ1) is 16.9. The average molecular weight is 337 g/mol. The van der Waals surface area contributed by atoms with Crippen molar-refractivity contribution in [2.45, 2.75) is 6.92 Å². The molecule has 3 amide bonds. The van der Waals surface area contributed by atoms with Crippen LogP contribution in [-0.4, -0.2) is 43.3 Å². The van der Waals surface area contributed by atoms with Crippen LogP contribution < -0.4 is 10.2 Å². The molecule has 0 saturated carbocycles. The third-order valence-electron chi connectivity index (χ3n) is 4.01. The largest absolute Gasteiger partial charge is 0.325 e. The van der Waals surface area contributed by atoms with E-state index in [1.54, 1.807) is 47.4 Å². The molecule has 6 nitrogen and oxygen atoms in total. The van der Waals surface area contributed by atoms with E-state index in [1.807, 2.05) is 21.0 Å². The minimum atomic E-state index is -0.352. The van der Waals surface area contributed by atoms with Crippen LogP contribution in [-0.2, 0) is 4.79 Å². The first-order valence-corrected chi connectivity index (χ1v) is 7.91. The van der Waals surface area contributed by atoms with Crippen LogP contribution in [0.2, 0.25) is 0 Å². The summed E-state index contributed by atoms with van der Waals surface area (Å²) in [5, 5.41) is 2.83. The monoisotopic (exact) mass is 337 g/mol. The number of anilines is 2. The first-order valence-electron chi connectivity index (χ1n) is 7.91. The summed E-state index contributed by atoms with van der Waals surface area (Å²) in [6, 6.07) is 11.9. The van der Waals surface area contributed by atoms with E-state index in [0.717, 1.165) is 10.5 Å². The van der Waals surface area contributed by atoms with Crippen molar-refractivity contribution in [1.29, 1.82) is 0 Å². The smallest absolute Gasteiger partial charge is 0.266 e. The summed E-state index contributed by atoms with van der Waals surface area (Å²) in [7, 11) is 3.61. The Hall–Kier alpha value is -2.99. The van der Waals surface area contributed by atoms with E-state index in [0.29, 0.717) is 22.5 Å². The SMILES string of the molecule is Cc1ccc(N2C(=O)c3ccccc3C2=O)cc1NC(=O)CN(C)C. The van der Waals surface area contributed by atoms with Crippen LogP contribution >= 0.6 is 0 Å². The molecule has 0 atom stereocenters. The zero-order chi connectivity index (χ0) is 18.1. The van der Waals surface area contributed by atoms with Gasteiger partial charge in [-0.25, -0.2) is 4.90 Å². The number of carbonyl (C=O) groups excluding carboxylic acids is 3. The fourth-order valence-corrected chi connectivity index (χ4v) is 2.78. The normalized spacial score (nSPS) is 13.4. The van der Waals surface area contributed by atoms with Gasteiger partial charge in [0, 0.05) is 5.69 Å². The predicted molar refractivity (Wildman–Crippen MR) is 95.9 cm³/mol. The number of fused-ring (bicyclic) bond motifs is 1. The van der Waals surface area contributed by atoms with Crippen molar-refractivity contribution >= 4 is 29.1 Å². The molecular weight excluding hydrogens is 318 g/mol. The van der Waals surface area contributed by atoms with Gasteiger partial charge >= 0.3 is 0 Å². The maximum Gasteiger partial charge on any atom is 0.266 e. The van der Waals surface area contributed by atoms with Crippen LogP contribution in [0.1, 0.15) is 26.3 Å². The lowest BCUT2D eigenvalue weighted by Gasteiger charge is -2.17. The Bertz CT molecular complexity index is 839. The number of nitrogens with one attached hydrogen (secondary N) is 1. The van der Waals surface area contributed by atoms with Gasteiger partial charge in [0.1, 0.15) is 0 Å².